The van der Waals surface area contributed by atoms with Gasteiger partial charge in [-0.2, -0.15) is 0 Å². The first-order valence-electron chi connectivity index (χ1n) is 4.52. The summed E-state index contributed by atoms with van der Waals surface area (Å²) in [6.07, 6.45) is 1.62. The first-order chi connectivity index (χ1) is 7.59. The van der Waals surface area contributed by atoms with E-state index < -0.39 is 17.3 Å². The largest absolute Gasteiger partial charge is 1.00 e. The maximum atomic E-state index is 13.8. The predicted octanol–water partition coefficient (Wildman–Crippen LogP) is -1.37. The zero-order valence-corrected chi connectivity index (χ0v) is 10.2. The predicted molar refractivity (Wildman–Crippen MR) is 56.6 cm³/mol. The van der Waals surface area contributed by atoms with Gasteiger partial charge in [0.2, 0.25) is 0 Å². The van der Waals surface area contributed by atoms with E-state index in [9.17, 15) is 14.3 Å². The molecular formula is C11H7FLiNO2S. The van der Waals surface area contributed by atoms with E-state index in [-0.39, 0.29) is 24.4 Å². The van der Waals surface area contributed by atoms with E-state index in [1.807, 2.05) is 6.92 Å². The summed E-state index contributed by atoms with van der Waals surface area (Å²) in [6, 6.07) is 4.15. The van der Waals surface area contributed by atoms with Gasteiger partial charge in [0.05, 0.1) is 5.97 Å². The first-order valence-corrected chi connectivity index (χ1v) is 5.34. The van der Waals surface area contributed by atoms with Gasteiger partial charge in [0.15, 0.2) is 0 Å². The van der Waals surface area contributed by atoms with Crippen molar-refractivity contribution in [3.8, 4) is 10.6 Å². The second-order valence-electron chi connectivity index (χ2n) is 3.23. The van der Waals surface area contributed by atoms with Crippen molar-refractivity contribution in [3.05, 3.63) is 40.7 Å². The van der Waals surface area contributed by atoms with Crippen LogP contribution in [0, 0.1) is 12.7 Å². The Morgan fingerprint density at radius 1 is 1.47 bits per heavy atom. The van der Waals surface area contributed by atoms with Gasteiger partial charge in [-0.25, -0.2) is 9.37 Å². The van der Waals surface area contributed by atoms with Gasteiger partial charge in [-0.05, 0) is 13.0 Å². The number of hydrogen-bond donors (Lipinski definition) is 0. The Morgan fingerprint density at radius 3 is 2.71 bits per heavy atom. The smallest absolute Gasteiger partial charge is 0.545 e. The van der Waals surface area contributed by atoms with Crippen LogP contribution in [0.1, 0.15) is 15.2 Å². The van der Waals surface area contributed by atoms with Crippen LogP contribution in [0.5, 0.6) is 0 Å². The Morgan fingerprint density at radius 2 is 2.18 bits per heavy atom. The summed E-state index contributed by atoms with van der Waals surface area (Å²) in [4.78, 5) is 15.6. The fraction of sp³-hybridized carbons (Fsp3) is 0.0909. The number of halogens is 1. The van der Waals surface area contributed by atoms with Crippen LogP contribution in [0.4, 0.5) is 4.39 Å². The maximum absolute atomic E-state index is 13.8. The molecule has 0 radical (unpaired) electrons. The van der Waals surface area contributed by atoms with E-state index >= 15 is 0 Å². The summed E-state index contributed by atoms with van der Waals surface area (Å²) >= 11 is 1.31. The normalized spacial score (nSPS) is 9.76. The minimum absolute atomic E-state index is 0. The van der Waals surface area contributed by atoms with E-state index in [0.717, 1.165) is 4.88 Å². The molecule has 82 valence electrons. The molecule has 1 aromatic heterocycles. The van der Waals surface area contributed by atoms with Crippen molar-refractivity contribution in [1.29, 1.82) is 0 Å². The van der Waals surface area contributed by atoms with E-state index in [1.165, 1.54) is 29.5 Å². The third-order valence-electron chi connectivity index (χ3n) is 2.07. The van der Waals surface area contributed by atoms with Crippen LogP contribution in [-0.2, 0) is 0 Å². The molecule has 2 aromatic rings. The molecule has 1 heterocycles. The number of hydrogen-bond acceptors (Lipinski definition) is 4. The van der Waals surface area contributed by atoms with Crippen molar-refractivity contribution in [2.75, 3.05) is 0 Å². The molecule has 0 spiro atoms. The number of aromatic nitrogens is 1. The standard InChI is InChI=1S/C11H8FNO2S.Li/c1-6-5-13-10(16-6)7-3-2-4-8(9(7)12)11(14)15;/h2-5H,1H3,(H,14,15);/q;+1/p-1. The van der Waals surface area contributed by atoms with Crippen LogP contribution in [-0.4, -0.2) is 11.0 Å². The molecule has 2 rings (SSSR count). The second-order valence-corrected chi connectivity index (χ2v) is 4.47. The quantitative estimate of drug-likeness (QED) is 0.611. The molecule has 0 aliphatic carbocycles. The average molecular weight is 243 g/mol. The molecule has 0 saturated heterocycles. The zero-order chi connectivity index (χ0) is 11.7. The van der Waals surface area contributed by atoms with Crippen molar-refractivity contribution in [1.82, 2.24) is 4.98 Å². The topological polar surface area (TPSA) is 53.0 Å². The maximum Gasteiger partial charge on any atom is 1.00 e. The minimum Gasteiger partial charge on any atom is -0.545 e. The van der Waals surface area contributed by atoms with E-state index in [4.69, 9.17) is 0 Å². The van der Waals surface area contributed by atoms with Crippen LogP contribution in [0.2, 0.25) is 0 Å². The summed E-state index contributed by atoms with van der Waals surface area (Å²) in [6.45, 7) is 1.85. The van der Waals surface area contributed by atoms with Crippen LogP contribution in [0.15, 0.2) is 24.4 Å². The molecule has 0 aliphatic heterocycles. The summed E-state index contributed by atoms with van der Waals surface area (Å²) in [7, 11) is 0. The Balaban J connectivity index is 0.00000144. The summed E-state index contributed by atoms with van der Waals surface area (Å²) in [5.41, 5.74) is -0.245. The molecule has 0 amide bonds. The SMILES string of the molecule is Cc1cnc(-c2cccc(C(=O)[O-])c2F)s1.[Li+]. The fourth-order valence-corrected chi connectivity index (χ4v) is 2.12. The number of thiazole rings is 1. The number of rotatable bonds is 2. The third kappa shape index (κ3) is 2.75. The minimum atomic E-state index is -1.52. The van der Waals surface area contributed by atoms with Crippen molar-refractivity contribution < 1.29 is 33.2 Å². The van der Waals surface area contributed by atoms with Crippen molar-refractivity contribution in [3.63, 3.8) is 0 Å². The third-order valence-corrected chi connectivity index (χ3v) is 3.02. The van der Waals surface area contributed by atoms with Crippen molar-refractivity contribution in [2.24, 2.45) is 0 Å². The number of carboxylic acids is 1. The Kier molecular flexibility index (Phi) is 4.46. The van der Waals surface area contributed by atoms with Gasteiger partial charge in [0, 0.05) is 22.2 Å². The number of carbonyl (C=O) groups is 1. The van der Waals surface area contributed by atoms with Gasteiger partial charge in [0.1, 0.15) is 10.8 Å². The summed E-state index contributed by atoms with van der Waals surface area (Å²) in [5.74, 6) is -2.32. The van der Waals surface area contributed by atoms with Crippen LogP contribution < -0.4 is 24.0 Å². The molecule has 0 bridgehead atoms. The zero-order valence-electron chi connectivity index (χ0n) is 9.36. The number of benzene rings is 1. The molecular weight excluding hydrogens is 236 g/mol. The van der Waals surface area contributed by atoms with Gasteiger partial charge in [0.25, 0.3) is 0 Å². The summed E-state index contributed by atoms with van der Waals surface area (Å²) < 4.78 is 13.8. The molecule has 0 unspecified atom stereocenters. The molecule has 3 nitrogen and oxygen atoms in total. The number of carbonyl (C=O) groups excluding carboxylic acids is 1. The average Bonchev–Trinajstić information content (AvgIpc) is 2.64. The van der Waals surface area contributed by atoms with Crippen LogP contribution in [0.3, 0.4) is 0 Å². The Labute approximate surface area is 113 Å². The van der Waals surface area contributed by atoms with E-state index in [1.54, 1.807) is 6.20 Å². The number of aromatic carboxylic acids is 1. The van der Waals surface area contributed by atoms with Gasteiger partial charge < -0.3 is 9.90 Å². The molecule has 6 heteroatoms. The Hall–Kier alpha value is -1.15. The van der Waals surface area contributed by atoms with E-state index in [2.05, 4.69) is 4.98 Å². The molecule has 0 fully saturated rings. The van der Waals surface area contributed by atoms with Crippen LogP contribution >= 0.6 is 11.3 Å². The second kappa shape index (κ2) is 5.45. The molecule has 1 aromatic carbocycles. The van der Waals surface area contributed by atoms with E-state index in [0.29, 0.717) is 5.01 Å². The molecule has 0 N–H and O–H groups in total. The van der Waals surface area contributed by atoms with Gasteiger partial charge in [-0.3, -0.25) is 0 Å². The Bertz CT molecular complexity index is 556. The van der Waals surface area contributed by atoms with Gasteiger partial charge >= 0.3 is 18.9 Å². The molecule has 17 heavy (non-hydrogen) atoms. The number of nitrogens with zero attached hydrogens (tertiary/aromatic N) is 1. The van der Waals surface area contributed by atoms with Gasteiger partial charge in [-0.15, -0.1) is 11.3 Å². The monoisotopic (exact) mass is 243 g/mol. The molecule has 0 atom stereocenters. The first kappa shape index (κ1) is 13.9. The van der Waals surface area contributed by atoms with Crippen molar-refractivity contribution in [2.45, 2.75) is 6.92 Å². The van der Waals surface area contributed by atoms with Crippen LogP contribution in [0.25, 0.3) is 10.6 Å². The van der Waals surface area contributed by atoms with Crippen molar-refractivity contribution >= 4 is 17.3 Å². The molecule has 0 aliphatic rings. The van der Waals surface area contributed by atoms with Gasteiger partial charge in [-0.1, -0.05) is 12.1 Å². The fourth-order valence-electron chi connectivity index (χ4n) is 1.33. The summed E-state index contributed by atoms with van der Waals surface area (Å²) in [5, 5.41) is 11.1. The molecule has 0 saturated carbocycles. The number of aryl methyl sites for hydroxylation is 1. The number of carboxylic acid groups (broad SMARTS) is 1.